The predicted octanol–water partition coefficient (Wildman–Crippen LogP) is -0.267. The lowest BCUT2D eigenvalue weighted by Gasteiger charge is -2.16. The molecule has 14 heavy (non-hydrogen) atoms. The van der Waals surface area contributed by atoms with E-state index in [-0.39, 0.29) is 18.8 Å². The summed E-state index contributed by atoms with van der Waals surface area (Å²) >= 11 is 0. The van der Waals surface area contributed by atoms with Crippen LogP contribution in [-0.4, -0.2) is 42.3 Å². The molecule has 0 unspecified atom stereocenters. The fraction of sp³-hybridized carbons (Fsp3) is 0.875. The first-order chi connectivity index (χ1) is 6.44. The number of ether oxygens (including phenoxy) is 2. The van der Waals surface area contributed by atoms with Gasteiger partial charge in [-0.25, -0.2) is 4.79 Å². The third kappa shape index (κ3) is 2.83. The highest BCUT2D eigenvalue weighted by Gasteiger charge is 2.40. The Hall–Kier alpha value is -0.850. The van der Waals surface area contributed by atoms with Crippen molar-refractivity contribution in [3.8, 4) is 0 Å². The molecule has 1 amide bonds. The maximum absolute atomic E-state index is 10.3. The van der Waals surface area contributed by atoms with Gasteiger partial charge in [0.05, 0.1) is 0 Å². The van der Waals surface area contributed by atoms with Crippen LogP contribution < -0.4 is 11.1 Å². The second kappa shape index (κ2) is 4.12. The quantitative estimate of drug-likeness (QED) is 0.588. The second-order valence-electron chi connectivity index (χ2n) is 3.63. The molecule has 1 heterocycles. The van der Waals surface area contributed by atoms with Crippen molar-refractivity contribution in [1.29, 1.82) is 0 Å². The van der Waals surface area contributed by atoms with Crippen LogP contribution in [0, 0.1) is 0 Å². The predicted molar refractivity (Wildman–Crippen MR) is 48.9 cm³/mol. The van der Waals surface area contributed by atoms with Crippen LogP contribution >= 0.6 is 0 Å². The maximum atomic E-state index is 10.3. The number of rotatable bonds is 3. The van der Waals surface area contributed by atoms with Crippen molar-refractivity contribution in [3.05, 3.63) is 0 Å². The maximum Gasteiger partial charge on any atom is 0.404 e. The fourth-order valence-electron chi connectivity index (χ4n) is 1.47. The molecule has 0 radical (unpaired) electrons. The Morgan fingerprint density at radius 2 is 2.07 bits per heavy atom. The molecular weight excluding hydrogens is 188 g/mol. The van der Waals surface area contributed by atoms with E-state index >= 15 is 0 Å². The molecule has 0 spiro atoms. The highest BCUT2D eigenvalue weighted by Crippen LogP contribution is 2.27. The lowest BCUT2D eigenvalue weighted by molar-refractivity contribution is -0.145. The van der Waals surface area contributed by atoms with E-state index in [2.05, 4.69) is 5.32 Å². The molecule has 1 aliphatic heterocycles. The van der Waals surface area contributed by atoms with E-state index in [0.29, 0.717) is 6.54 Å². The van der Waals surface area contributed by atoms with Crippen LogP contribution in [0.2, 0.25) is 0 Å². The Balaban J connectivity index is 2.47. The van der Waals surface area contributed by atoms with E-state index < -0.39 is 11.9 Å². The first-order valence-electron chi connectivity index (χ1n) is 4.47. The molecule has 0 aromatic heterocycles. The number of nitrogens with two attached hydrogens (primary N) is 1. The molecule has 0 aromatic rings. The van der Waals surface area contributed by atoms with Crippen molar-refractivity contribution in [2.45, 2.75) is 31.8 Å². The summed E-state index contributed by atoms with van der Waals surface area (Å²) < 4.78 is 10.9. The van der Waals surface area contributed by atoms with Crippen LogP contribution in [0.5, 0.6) is 0 Å². The van der Waals surface area contributed by atoms with E-state index in [4.69, 9.17) is 20.3 Å². The summed E-state index contributed by atoms with van der Waals surface area (Å²) in [5, 5.41) is 10.7. The summed E-state index contributed by atoms with van der Waals surface area (Å²) in [6, 6.07) is 0. The van der Waals surface area contributed by atoms with E-state index in [1.54, 1.807) is 13.8 Å². The molecule has 0 saturated carbocycles. The zero-order valence-corrected chi connectivity index (χ0v) is 8.32. The molecule has 0 aromatic carbocycles. The summed E-state index contributed by atoms with van der Waals surface area (Å²) in [5.74, 6) is -0.686. The topological polar surface area (TPSA) is 93.8 Å². The van der Waals surface area contributed by atoms with Gasteiger partial charge in [0, 0.05) is 13.1 Å². The van der Waals surface area contributed by atoms with Crippen LogP contribution in [0.3, 0.4) is 0 Å². The number of nitrogens with one attached hydrogen (secondary N) is 1. The zero-order chi connectivity index (χ0) is 10.8. The van der Waals surface area contributed by atoms with Gasteiger partial charge in [-0.3, -0.25) is 0 Å². The summed E-state index contributed by atoms with van der Waals surface area (Å²) in [4.78, 5) is 10.3. The average molecular weight is 204 g/mol. The highest BCUT2D eigenvalue weighted by molar-refractivity contribution is 5.64. The summed E-state index contributed by atoms with van der Waals surface area (Å²) in [6.07, 6.45) is -1.64. The van der Waals surface area contributed by atoms with Crippen LogP contribution in [-0.2, 0) is 9.47 Å². The van der Waals surface area contributed by atoms with Gasteiger partial charge in [0.2, 0.25) is 0 Å². The van der Waals surface area contributed by atoms with E-state index in [1.165, 1.54) is 0 Å². The van der Waals surface area contributed by atoms with Gasteiger partial charge in [0.25, 0.3) is 0 Å². The number of amides is 1. The highest BCUT2D eigenvalue weighted by atomic mass is 16.8. The molecule has 1 rings (SSSR count). The van der Waals surface area contributed by atoms with Crippen LogP contribution in [0.1, 0.15) is 13.8 Å². The van der Waals surface area contributed by atoms with E-state index in [1.807, 2.05) is 0 Å². The lowest BCUT2D eigenvalue weighted by atomic mass is 10.2. The van der Waals surface area contributed by atoms with E-state index in [0.717, 1.165) is 0 Å². The van der Waals surface area contributed by atoms with Gasteiger partial charge in [-0.15, -0.1) is 0 Å². The van der Waals surface area contributed by atoms with Crippen molar-refractivity contribution in [2.75, 3.05) is 13.1 Å². The fourth-order valence-corrected chi connectivity index (χ4v) is 1.47. The van der Waals surface area contributed by atoms with Gasteiger partial charge in [0.15, 0.2) is 5.79 Å². The van der Waals surface area contributed by atoms with Gasteiger partial charge in [-0.2, -0.15) is 0 Å². The molecule has 6 heteroatoms. The molecule has 1 aliphatic rings. The number of hydrogen-bond donors (Lipinski definition) is 3. The van der Waals surface area contributed by atoms with Crippen molar-refractivity contribution in [1.82, 2.24) is 5.32 Å². The standard InChI is InChI=1S/C8H16N2O4/c1-8(2)13-5(3-9)6(14-8)4-10-7(11)12/h5-6,10H,3-4,9H2,1-2H3,(H,11,12)/t5-,6-/m1/s1. The Morgan fingerprint density at radius 3 is 2.57 bits per heavy atom. The normalized spacial score (nSPS) is 30.2. The first kappa shape index (κ1) is 11.2. The molecule has 82 valence electrons. The molecule has 2 atom stereocenters. The lowest BCUT2D eigenvalue weighted by Crippen LogP contribution is -2.40. The molecule has 1 fully saturated rings. The third-order valence-electron chi connectivity index (χ3n) is 1.97. The Labute approximate surface area is 82.4 Å². The smallest absolute Gasteiger partial charge is 0.404 e. The van der Waals surface area contributed by atoms with E-state index in [9.17, 15) is 4.79 Å². The molecular formula is C8H16N2O4. The Kier molecular flexibility index (Phi) is 3.30. The minimum absolute atomic E-state index is 0.195. The first-order valence-corrected chi connectivity index (χ1v) is 4.47. The molecule has 4 N–H and O–H groups in total. The second-order valence-corrected chi connectivity index (χ2v) is 3.63. The summed E-state index contributed by atoms with van der Waals surface area (Å²) in [7, 11) is 0. The van der Waals surface area contributed by atoms with Crippen molar-refractivity contribution in [2.24, 2.45) is 5.73 Å². The number of hydrogen-bond acceptors (Lipinski definition) is 4. The van der Waals surface area contributed by atoms with Crippen LogP contribution in [0.4, 0.5) is 4.79 Å². The van der Waals surface area contributed by atoms with Crippen molar-refractivity contribution < 1.29 is 19.4 Å². The van der Waals surface area contributed by atoms with Crippen molar-refractivity contribution >= 4 is 6.09 Å². The number of carboxylic acid groups (broad SMARTS) is 1. The molecule has 0 bridgehead atoms. The summed E-state index contributed by atoms with van der Waals surface area (Å²) in [6.45, 7) is 4.06. The molecule has 0 aliphatic carbocycles. The van der Waals surface area contributed by atoms with Crippen LogP contribution in [0.15, 0.2) is 0 Å². The third-order valence-corrected chi connectivity index (χ3v) is 1.97. The average Bonchev–Trinajstić information content (AvgIpc) is 2.37. The Bertz CT molecular complexity index is 219. The van der Waals surface area contributed by atoms with Gasteiger partial charge < -0.3 is 25.6 Å². The summed E-state index contributed by atoms with van der Waals surface area (Å²) in [5.41, 5.74) is 5.47. The minimum atomic E-state index is -1.07. The molecule has 1 saturated heterocycles. The van der Waals surface area contributed by atoms with Crippen molar-refractivity contribution in [3.63, 3.8) is 0 Å². The van der Waals surface area contributed by atoms with Gasteiger partial charge in [-0.1, -0.05) is 0 Å². The Morgan fingerprint density at radius 1 is 1.50 bits per heavy atom. The molecule has 6 nitrogen and oxygen atoms in total. The zero-order valence-electron chi connectivity index (χ0n) is 8.32. The van der Waals surface area contributed by atoms with Gasteiger partial charge >= 0.3 is 6.09 Å². The van der Waals surface area contributed by atoms with Gasteiger partial charge in [-0.05, 0) is 13.8 Å². The van der Waals surface area contributed by atoms with Gasteiger partial charge in [0.1, 0.15) is 12.2 Å². The monoisotopic (exact) mass is 204 g/mol. The largest absolute Gasteiger partial charge is 0.465 e. The van der Waals surface area contributed by atoms with Crippen LogP contribution in [0.25, 0.3) is 0 Å². The minimum Gasteiger partial charge on any atom is -0.465 e. The SMILES string of the molecule is CC1(C)O[C@H](CN)[C@@H](CNC(=O)O)O1. The number of carbonyl (C=O) groups is 1.